The van der Waals surface area contributed by atoms with E-state index in [1.807, 2.05) is 6.07 Å². The number of nitrogen functional groups attached to an aromatic ring is 1. The third kappa shape index (κ3) is 2.08. The van der Waals surface area contributed by atoms with Gasteiger partial charge in [0.25, 0.3) is 0 Å². The third-order valence-electron chi connectivity index (χ3n) is 2.90. The third-order valence-corrected chi connectivity index (χ3v) is 3.65. The van der Waals surface area contributed by atoms with Crippen LogP contribution in [0.5, 0.6) is 5.75 Å². The van der Waals surface area contributed by atoms with Gasteiger partial charge in [0.15, 0.2) is 5.82 Å². The molecular formula is C12H11BrClN3O. The molecule has 0 unspecified atom stereocenters. The fraction of sp³-hybridized carbons (Fsp3) is 0.250. The molecule has 0 aliphatic carbocycles. The van der Waals surface area contributed by atoms with E-state index < -0.39 is 0 Å². The van der Waals surface area contributed by atoms with Crippen molar-refractivity contribution in [1.29, 1.82) is 0 Å². The highest BCUT2D eigenvalue weighted by Gasteiger charge is 2.18. The van der Waals surface area contributed by atoms with Gasteiger partial charge in [-0.15, -0.1) is 0 Å². The summed E-state index contributed by atoms with van der Waals surface area (Å²) in [7, 11) is 0. The summed E-state index contributed by atoms with van der Waals surface area (Å²) in [6, 6.07) is 4.13. The summed E-state index contributed by atoms with van der Waals surface area (Å²) in [5.41, 5.74) is 7.94. The van der Waals surface area contributed by atoms with Gasteiger partial charge in [-0.1, -0.05) is 27.5 Å². The molecule has 0 radical (unpaired) electrons. The van der Waals surface area contributed by atoms with Gasteiger partial charge in [-0.3, -0.25) is 4.68 Å². The van der Waals surface area contributed by atoms with Crippen LogP contribution in [0.25, 0.3) is 0 Å². The first-order valence-corrected chi connectivity index (χ1v) is 6.73. The van der Waals surface area contributed by atoms with Crippen molar-refractivity contribution in [3.8, 4) is 5.75 Å². The smallest absolute Gasteiger partial charge is 0.164 e. The highest BCUT2D eigenvalue weighted by Crippen LogP contribution is 2.33. The van der Waals surface area contributed by atoms with Crippen LogP contribution in [0.4, 0.5) is 5.82 Å². The number of nitrogens with two attached hydrogens (primary N) is 1. The summed E-state index contributed by atoms with van der Waals surface area (Å²) in [5.74, 6) is 1.31. The van der Waals surface area contributed by atoms with Gasteiger partial charge in [-0.05, 0) is 17.7 Å². The summed E-state index contributed by atoms with van der Waals surface area (Å²) in [4.78, 5) is 0. The van der Waals surface area contributed by atoms with Crippen LogP contribution in [-0.2, 0) is 13.0 Å². The van der Waals surface area contributed by atoms with Crippen LogP contribution >= 0.6 is 27.5 Å². The van der Waals surface area contributed by atoms with E-state index in [1.54, 1.807) is 10.9 Å². The molecule has 2 heterocycles. The van der Waals surface area contributed by atoms with Gasteiger partial charge in [-0.2, -0.15) is 5.10 Å². The normalized spacial score (nSPS) is 13.4. The van der Waals surface area contributed by atoms with Gasteiger partial charge in [0.1, 0.15) is 10.8 Å². The number of aromatic nitrogens is 2. The summed E-state index contributed by atoms with van der Waals surface area (Å²) < 4.78 is 8.44. The van der Waals surface area contributed by atoms with E-state index in [0.29, 0.717) is 17.4 Å². The summed E-state index contributed by atoms with van der Waals surface area (Å²) in [6.07, 6.45) is 2.67. The molecule has 3 rings (SSSR count). The summed E-state index contributed by atoms with van der Waals surface area (Å²) in [6.45, 7) is 1.33. The number of hydrogen-bond acceptors (Lipinski definition) is 3. The molecule has 1 aromatic carbocycles. The zero-order valence-electron chi connectivity index (χ0n) is 9.49. The Hall–Kier alpha value is -1.20. The van der Waals surface area contributed by atoms with E-state index in [0.717, 1.165) is 28.8 Å². The molecule has 0 amide bonds. The first kappa shape index (κ1) is 11.9. The Kier molecular flexibility index (Phi) is 2.95. The van der Waals surface area contributed by atoms with Crippen molar-refractivity contribution in [3.05, 3.63) is 39.0 Å². The second-order valence-corrected chi connectivity index (χ2v) is 5.53. The Morgan fingerprint density at radius 3 is 3.06 bits per heavy atom. The van der Waals surface area contributed by atoms with Gasteiger partial charge in [-0.25, -0.2) is 0 Å². The van der Waals surface area contributed by atoms with E-state index in [9.17, 15) is 0 Å². The van der Waals surface area contributed by atoms with Gasteiger partial charge in [0.2, 0.25) is 0 Å². The first-order valence-electron chi connectivity index (χ1n) is 5.56. The maximum absolute atomic E-state index is 5.90. The molecule has 18 heavy (non-hydrogen) atoms. The monoisotopic (exact) mass is 327 g/mol. The fourth-order valence-electron chi connectivity index (χ4n) is 2.13. The minimum Gasteiger partial charge on any atom is -0.493 e. The second-order valence-electron chi connectivity index (χ2n) is 4.21. The molecule has 6 heteroatoms. The molecule has 0 saturated carbocycles. The van der Waals surface area contributed by atoms with Crippen LogP contribution in [0.1, 0.15) is 11.1 Å². The topological polar surface area (TPSA) is 53.1 Å². The van der Waals surface area contributed by atoms with Crippen LogP contribution in [0.15, 0.2) is 22.8 Å². The molecule has 0 saturated heterocycles. The minimum absolute atomic E-state index is 0.351. The Bertz CT molecular complexity index is 592. The second kappa shape index (κ2) is 4.48. The average molecular weight is 329 g/mol. The molecular weight excluding hydrogens is 318 g/mol. The lowest BCUT2D eigenvalue weighted by atomic mass is 10.1. The highest BCUT2D eigenvalue weighted by molar-refractivity contribution is 9.10. The van der Waals surface area contributed by atoms with Crippen LogP contribution in [0, 0.1) is 0 Å². The zero-order valence-corrected chi connectivity index (χ0v) is 11.8. The number of ether oxygens (including phenoxy) is 1. The van der Waals surface area contributed by atoms with Crippen LogP contribution in [0.3, 0.4) is 0 Å². The number of benzene rings is 1. The first-order chi connectivity index (χ1) is 8.63. The fourth-order valence-corrected chi connectivity index (χ4v) is 2.83. The standard InChI is InChI=1S/C12H11BrClN3O/c13-9-3-7-1-2-18-11(7)8(4-9)5-17-6-10(14)12(15)16-17/h3-4,6H,1-2,5H2,(H2,15,16). The van der Waals surface area contributed by atoms with Crippen molar-refractivity contribution in [3.63, 3.8) is 0 Å². The quantitative estimate of drug-likeness (QED) is 0.922. The Balaban J connectivity index is 1.97. The molecule has 2 N–H and O–H groups in total. The Labute approximate surface area is 118 Å². The molecule has 0 bridgehead atoms. The van der Waals surface area contributed by atoms with Crippen LogP contribution in [-0.4, -0.2) is 16.4 Å². The minimum atomic E-state index is 0.351. The number of halogens is 2. The SMILES string of the molecule is Nc1nn(Cc2cc(Br)cc3c2OCC3)cc1Cl. The molecule has 0 fully saturated rings. The maximum atomic E-state index is 5.90. The van der Waals surface area contributed by atoms with Crippen molar-refractivity contribution in [1.82, 2.24) is 9.78 Å². The summed E-state index contributed by atoms with van der Waals surface area (Å²) in [5, 5.41) is 4.63. The van der Waals surface area contributed by atoms with E-state index in [-0.39, 0.29) is 0 Å². The van der Waals surface area contributed by atoms with Crippen LogP contribution < -0.4 is 10.5 Å². The Morgan fingerprint density at radius 2 is 2.33 bits per heavy atom. The number of hydrogen-bond donors (Lipinski definition) is 1. The van der Waals surface area contributed by atoms with Gasteiger partial charge in [0, 0.05) is 22.7 Å². The number of nitrogens with zero attached hydrogens (tertiary/aromatic N) is 2. The van der Waals surface area contributed by atoms with E-state index >= 15 is 0 Å². The van der Waals surface area contributed by atoms with E-state index in [1.165, 1.54) is 5.56 Å². The average Bonchev–Trinajstić information content (AvgIpc) is 2.86. The molecule has 0 atom stereocenters. The van der Waals surface area contributed by atoms with Crippen molar-refractivity contribution >= 4 is 33.3 Å². The lowest BCUT2D eigenvalue weighted by Crippen LogP contribution is -2.03. The van der Waals surface area contributed by atoms with Gasteiger partial charge in [0.05, 0.1) is 13.2 Å². The van der Waals surface area contributed by atoms with Crippen molar-refractivity contribution in [2.24, 2.45) is 0 Å². The highest BCUT2D eigenvalue weighted by atomic mass is 79.9. The predicted molar refractivity (Wildman–Crippen MR) is 74.1 cm³/mol. The van der Waals surface area contributed by atoms with Crippen LogP contribution in [0.2, 0.25) is 5.02 Å². The zero-order chi connectivity index (χ0) is 12.7. The molecule has 1 aromatic heterocycles. The molecule has 94 valence electrons. The maximum Gasteiger partial charge on any atom is 0.164 e. The predicted octanol–water partition coefficient (Wildman–Crippen LogP) is 2.86. The molecule has 1 aliphatic heterocycles. The lowest BCUT2D eigenvalue weighted by molar-refractivity contribution is 0.352. The van der Waals surface area contributed by atoms with Crippen molar-refractivity contribution in [2.45, 2.75) is 13.0 Å². The van der Waals surface area contributed by atoms with Gasteiger partial charge >= 0.3 is 0 Å². The molecule has 0 spiro atoms. The largest absolute Gasteiger partial charge is 0.493 e. The Morgan fingerprint density at radius 1 is 1.50 bits per heavy atom. The van der Waals surface area contributed by atoms with Crippen molar-refractivity contribution < 1.29 is 4.74 Å². The summed E-state index contributed by atoms with van der Waals surface area (Å²) >= 11 is 9.41. The van der Waals surface area contributed by atoms with Gasteiger partial charge < -0.3 is 10.5 Å². The number of anilines is 1. The lowest BCUT2D eigenvalue weighted by Gasteiger charge is -2.09. The molecule has 2 aromatic rings. The van der Waals surface area contributed by atoms with Crippen molar-refractivity contribution in [2.75, 3.05) is 12.3 Å². The van der Waals surface area contributed by atoms with E-state index in [2.05, 4.69) is 27.1 Å². The molecule has 4 nitrogen and oxygen atoms in total. The number of rotatable bonds is 2. The van der Waals surface area contributed by atoms with E-state index in [4.69, 9.17) is 22.1 Å². The molecule has 1 aliphatic rings. The number of fused-ring (bicyclic) bond motifs is 1.